The van der Waals surface area contributed by atoms with Gasteiger partial charge in [-0.15, -0.1) is 0 Å². The van der Waals surface area contributed by atoms with E-state index in [0.717, 1.165) is 36.1 Å². The number of rotatable bonds is 7. The Morgan fingerprint density at radius 2 is 1.42 bits per heavy atom. The number of carbonyl (C=O) groups is 3. The summed E-state index contributed by atoms with van der Waals surface area (Å²) in [4.78, 5) is 37.9. The molecule has 2 aromatic carbocycles. The Hall–Kier alpha value is -3.04. The second-order valence-corrected chi connectivity index (χ2v) is 10.1. The van der Waals surface area contributed by atoms with Gasteiger partial charge in [-0.25, -0.2) is 13.3 Å². The monoisotopic (exact) mass is 470 g/mol. The Balaban J connectivity index is 1.28. The number of sulfonamides is 1. The lowest BCUT2D eigenvalue weighted by molar-refractivity contribution is -0.146. The van der Waals surface area contributed by atoms with Gasteiger partial charge < -0.3 is 4.74 Å². The molecule has 2 aliphatic heterocycles. The Morgan fingerprint density at radius 3 is 2.00 bits per heavy atom. The summed E-state index contributed by atoms with van der Waals surface area (Å²) in [5.74, 6) is -1.51. The van der Waals surface area contributed by atoms with Crippen LogP contribution in [0, 0.1) is 0 Å². The first-order chi connectivity index (χ1) is 15.9. The Kier molecular flexibility index (Phi) is 6.90. The summed E-state index contributed by atoms with van der Waals surface area (Å²) < 4.78 is 32.4. The van der Waals surface area contributed by atoms with Gasteiger partial charge in [0.25, 0.3) is 11.8 Å². The SMILES string of the molecule is O=C(CCc1ccc(S(=O)(=O)N2CCCCCC2)cc1)OCN1C(=O)c2ccccc2C1=O. The maximum absolute atomic E-state index is 12.9. The van der Waals surface area contributed by atoms with Crippen molar-refractivity contribution in [2.45, 2.75) is 43.4 Å². The van der Waals surface area contributed by atoms with E-state index in [1.807, 2.05) is 0 Å². The van der Waals surface area contributed by atoms with Crippen LogP contribution in [-0.4, -0.2) is 55.2 Å². The van der Waals surface area contributed by atoms with Crippen LogP contribution in [0.4, 0.5) is 0 Å². The smallest absolute Gasteiger partial charge is 0.307 e. The van der Waals surface area contributed by atoms with Gasteiger partial charge in [0.15, 0.2) is 6.73 Å². The average Bonchev–Trinajstić information content (AvgIpc) is 3.01. The summed E-state index contributed by atoms with van der Waals surface area (Å²) in [5.41, 5.74) is 1.39. The lowest BCUT2D eigenvalue weighted by Crippen LogP contribution is -2.33. The molecule has 0 unspecified atom stereocenters. The first-order valence-corrected chi connectivity index (χ1v) is 12.5. The largest absolute Gasteiger partial charge is 0.444 e. The molecule has 0 bridgehead atoms. The van der Waals surface area contributed by atoms with Crippen molar-refractivity contribution in [3.05, 3.63) is 65.2 Å². The third-order valence-electron chi connectivity index (χ3n) is 5.98. The highest BCUT2D eigenvalue weighted by atomic mass is 32.2. The number of esters is 1. The molecule has 2 heterocycles. The van der Waals surface area contributed by atoms with Crippen LogP contribution in [-0.2, 0) is 26.0 Å². The van der Waals surface area contributed by atoms with Crippen LogP contribution in [0.15, 0.2) is 53.4 Å². The molecule has 33 heavy (non-hydrogen) atoms. The molecule has 0 aliphatic carbocycles. The first-order valence-electron chi connectivity index (χ1n) is 11.1. The molecule has 2 amide bonds. The van der Waals surface area contributed by atoms with Crippen molar-refractivity contribution >= 4 is 27.8 Å². The molecule has 0 radical (unpaired) electrons. The van der Waals surface area contributed by atoms with Gasteiger partial charge in [0.1, 0.15) is 0 Å². The molecule has 1 fully saturated rings. The zero-order chi connectivity index (χ0) is 23.4. The summed E-state index contributed by atoms with van der Waals surface area (Å²) in [7, 11) is -3.51. The lowest BCUT2D eigenvalue weighted by Gasteiger charge is -2.20. The van der Waals surface area contributed by atoms with Crippen molar-refractivity contribution in [1.82, 2.24) is 9.21 Å². The Bertz CT molecular complexity index is 1120. The number of amides is 2. The molecule has 4 rings (SSSR count). The second-order valence-electron chi connectivity index (χ2n) is 8.19. The molecule has 0 N–H and O–H groups in total. The van der Waals surface area contributed by atoms with E-state index >= 15 is 0 Å². The van der Waals surface area contributed by atoms with Gasteiger partial charge >= 0.3 is 5.97 Å². The summed E-state index contributed by atoms with van der Waals surface area (Å²) in [5, 5.41) is 0. The molecule has 9 heteroatoms. The third kappa shape index (κ3) is 4.99. The quantitative estimate of drug-likeness (QED) is 0.456. The number of imide groups is 1. The minimum Gasteiger partial charge on any atom is -0.444 e. The molecule has 2 aliphatic rings. The van der Waals surface area contributed by atoms with E-state index in [0.29, 0.717) is 30.6 Å². The Morgan fingerprint density at radius 1 is 0.848 bits per heavy atom. The summed E-state index contributed by atoms with van der Waals surface area (Å²) in [6.07, 6.45) is 4.24. The first kappa shape index (κ1) is 23.1. The minimum absolute atomic E-state index is 0.0430. The van der Waals surface area contributed by atoms with Crippen molar-refractivity contribution in [2.24, 2.45) is 0 Å². The van der Waals surface area contributed by atoms with E-state index in [4.69, 9.17) is 4.74 Å². The predicted molar refractivity (Wildman–Crippen MR) is 120 cm³/mol. The van der Waals surface area contributed by atoms with Crippen LogP contribution in [0.3, 0.4) is 0 Å². The fourth-order valence-corrected chi connectivity index (χ4v) is 5.59. The van der Waals surface area contributed by atoms with E-state index in [9.17, 15) is 22.8 Å². The van der Waals surface area contributed by atoms with Crippen molar-refractivity contribution in [3.63, 3.8) is 0 Å². The predicted octanol–water partition coefficient (Wildman–Crippen LogP) is 2.98. The number of aryl methyl sites for hydroxylation is 1. The fourth-order valence-electron chi connectivity index (χ4n) is 4.07. The number of hydrogen-bond acceptors (Lipinski definition) is 6. The maximum atomic E-state index is 12.9. The normalized spacial score (nSPS) is 17.0. The number of nitrogens with zero attached hydrogens (tertiary/aromatic N) is 2. The molecule has 0 aromatic heterocycles. The van der Waals surface area contributed by atoms with E-state index in [1.165, 1.54) is 0 Å². The van der Waals surface area contributed by atoms with Gasteiger partial charge in [0.05, 0.1) is 16.0 Å². The molecule has 0 saturated carbocycles. The summed E-state index contributed by atoms with van der Waals surface area (Å²) in [6.45, 7) is 0.657. The minimum atomic E-state index is -3.51. The van der Waals surface area contributed by atoms with Gasteiger partial charge in [-0.2, -0.15) is 4.31 Å². The van der Waals surface area contributed by atoms with Gasteiger partial charge in [0, 0.05) is 19.5 Å². The standard InChI is InChI=1S/C24H26N2O6S/c27-22(32-17-26-23(28)20-7-3-4-8-21(20)24(26)29)14-11-18-9-12-19(13-10-18)33(30,31)25-15-5-1-2-6-16-25/h3-4,7-10,12-13H,1-2,5-6,11,14-17H2. The van der Waals surface area contributed by atoms with Crippen molar-refractivity contribution < 1.29 is 27.5 Å². The summed E-state index contributed by atoms with van der Waals surface area (Å²) >= 11 is 0. The van der Waals surface area contributed by atoms with Crippen LogP contribution >= 0.6 is 0 Å². The summed E-state index contributed by atoms with van der Waals surface area (Å²) in [6, 6.07) is 13.0. The maximum Gasteiger partial charge on any atom is 0.307 e. The highest BCUT2D eigenvalue weighted by Gasteiger charge is 2.35. The number of fused-ring (bicyclic) bond motifs is 1. The van der Waals surface area contributed by atoms with Gasteiger partial charge in [0.2, 0.25) is 10.0 Å². The molecule has 0 atom stereocenters. The number of benzene rings is 2. The van der Waals surface area contributed by atoms with Gasteiger partial charge in [-0.1, -0.05) is 37.1 Å². The van der Waals surface area contributed by atoms with Crippen LogP contribution in [0.25, 0.3) is 0 Å². The molecular weight excluding hydrogens is 444 g/mol. The number of ether oxygens (including phenoxy) is 1. The van der Waals surface area contributed by atoms with Crippen molar-refractivity contribution in [3.8, 4) is 0 Å². The van der Waals surface area contributed by atoms with Gasteiger partial charge in [-0.05, 0) is 49.1 Å². The molecule has 2 aromatic rings. The molecule has 8 nitrogen and oxygen atoms in total. The van der Waals surface area contributed by atoms with Gasteiger partial charge in [-0.3, -0.25) is 14.4 Å². The fraction of sp³-hybridized carbons (Fsp3) is 0.375. The highest BCUT2D eigenvalue weighted by molar-refractivity contribution is 7.89. The zero-order valence-electron chi connectivity index (χ0n) is 18.2. The number of carbonyl (C=O) groups excluding carboxylic acids is 3. The van der Waals surface area contributed by atoms with Crippen LogP contribution in [0.5, 0.6) is 0 Å². The molecule has 1 saturated heterocycles. The van der Waals surface area contributed by atoms with Crippen LogP contribution < -0.4 is 0 Å². The average molecular weight is 471 g/mol. The topological polar surface area (TPSA) is 101 Å². The Labute approximate surface area is 193 Å². The van der Waals surface area contributed by atoms with Crippen LogP contribution in [0.1, 0.15) is 58.4 Å². The van der Waals surface area contributed by atoms with E-state index < -0.39 is 34.5 Å². The van der Waals surface area contributed by atoms with Crippen molar-refractivity contribution in [2.75, 3.05) is 19.8 Å². The molecule has 174 valence electrons. The molecular formula is C24H26N2O6S. The highest BCUT2D eigenvalue weighted by Crippen LogP contribution is 2.23. The van der Waals surface area contributed by atoms with Crippen molar-refractivity contribution in [1.29, 1.82) is 0 Å². The zero-order valence-corrected chi connectivity index (χ0v) is 19.1. The molecule has 0 spiro atoms. The van der Waals surface area contributed by atoms with E-state index in [-0.39, 0.29) is 11.3 Å². The third-order valence-corrected chi connectivity index (χ3v) is 7.89. The van der Waals surface area contributed by atoms with Crippen LogP contribution in [0.2, 0.25) is 0 Å². The second kappa shape index (κ2) is 9.84. The lowest BCUT2D eigenvalue weighted by atomic mass is 10.1. The number of hydrogen-bond donors (Lipinski definition) is 0. The van der Waals surface area contributed by atoms with E-state index in [1.54, 1.807) is 52.8 Å². The van der Waals surface area contributed by atoms with E-state index in [2.05, 4.69) is 0 Å².